The van der Waals surface area contributed by atoms with Gasteiger partial charge in [0.1, 0.15) is 0 Å². The molecule has 5 nitrogen and oxygen atoms in total. The fraction of sp³-hybridized carbons (Fsp3) is 0.941. The molecule has 0 aromatic carbocycles. The second kappa shape index (κ2) is 15.1. The molecule has 0 bridgehead atoms. The van der Waals surface area contributed by atoms with Crippen LogP contribution < -0.4 is 10.6 Å². The van der Waals surface area contributed by atoms with Gasteiger partial charge < -0.3 is 20.1 Å². The highest BCUT2D eigenvalue weighted by molar-refractivity contribution is 5.79. The highest BCUT2D eigenvalue weighted by Crippen LogP contribution is 1.94. The lowest BCUT2D eigenvalue weighted by molar-refractivity contribution is 0.108. The van der Waals surface area contributed by atoms with Crippen molar-refractivity contribution in [3.05, 3.63) is 0 Å². The van der Waals surface area contributed by atoms with Crippen LogP contribution in [0.25, 0.3) is 0 Å². The molecule has 132 valence electrons. The quantitative estimate of drug-likeness (QED) is 0.312. The van der Waals surface area contributed by atoms with E-state index in [1.165, 1.54) is 0 Å². The standard InChI is InChI=1S/C17H37N3O2/c1-6-18-17(19-9-7-11-21-13-15(2)3)20-10-8-12-22-14-16(4)5/h15-16H,6-14H2,1-5H3,(H2,18,19,20). The van der Waals surface area contributed by atoms with Crippen molar-refractivity contribution in [2.24, 2.45) is 16.8 Å². The first-order valence-electron chi connectivity index (χ1n) is 8.73. The van der Waals surface area contributed by atoms with Gasteiger partial charge in [0, 0.05) is 46.1 Å². The zero-order valence-electron chi connectivity index (χ0n) is 15.3. The van der Waals surface area contributed by atoms with Gasteiger partial charge in [0.2, 0.25) is 0 Å². The van der Waals surface area contributed by atoms with Crippen LogP contribution in [0.1, 0.15) is 47.5 Å². The first kappa shape index (κ1) is 21.2. The molecule has 0 saturated heterocycles. The van der Waals surface area contributed by atoms with Gasteiger partial charge in [-0.05, 0) is 31.6 Å². The van der Waals surface area contributed by atoms with Crippen LogP contribution in [-0.2, 0) is 9.47 Å². The summed E-state index contributed by atoms with van der Waals surface area (Å²) in [4.78, 5) is 4.55. The van der Waals surface area contributed by atoms with Crippen molar-refractivity contribution in [2.45, 2.75) is 47.5 Å². The van der Waals surface area contributed by atoms with Crippen molar-refractivity contribution in [1.82, 2.24) is 10.6 Å². The summed E-state index contributed by atoms with van der Waals surface area (Å²) < 4.78 is 11.1. The van der Waals surface area contributed by atoms with E-state index in [-0.39, 0.29) is 0 Å². The van der Waals surface area contributed by atoms with E-state index in [9.17, 15) is 0 Å². The van der Waals surface area contributed by atoms with E-state index in [4.69, 9.17) is 9.47 Å². The van der Waals surface area contributed by atoms with Crippen molar-refractivity contribution >= 4 is 5.96 Å². The Kier molecular flexibility index (Phi) is 14.5. The molecule has 0 heterocycles. The summed E-state index contributed by atoms with van der Waals surface area (Å²) in [7, 11) is 0. The Labute approximate surface area is 137 Å². The lowest BCUT2D eigenvalue weighted by Crippen LogP contribution is -2.38. The third-order valence-electron chi connectivity index (χ3n) is 2.72. The summed E-state index contributed by atoms with van der Waals surface area (Å²) in [5, 5.41) is 6.59. The number of guanidine groups is 1. The number of nitrogens with zero attached hydrogens (tertiary/aromatic N) is 1. The van der Waals surface area contributed by atoms with Crippen molar-refractivity contribution in [2.75, 3.05) is 46.1 Å². The van der Waals surface area contributed by atoms with Gasteiger partial charge in [-0.3, -0.25) is 4.99 Å². The van der Waals surface area contributed by atoms with Gasteiger partial charge in [-0.15, -0.1) is 0 Å². The topological polar surface area (TPSA) is 54.9 Å². The smallest absolute Gasteiger partial charge is 0.191 e. The molecule has 0 radical (unpaired) electrons. The molecule has 0 saturated carbocycles. The first-order chi connectivity index (χ1) is 10.6. The van der Waals surface area contributed by atoms with E-state index >= 15 is 0 Å². The lowest BCUT2D eigenvalue weighted by Gasteiger charge is -2.12. The summed E-state index contributed by atoms with van der Waals surface area (Å²) in [5.74, 6) is 2.08. The van der Waals surface area contributed by atoms with Gasteiger partial charge in [0.15, 0.2) is 5.96 Å². The molecule has 0 atom stereocenters. The van der Waals surface area contributed by atoms with E-state index < -0.39 is 0 Å². The van der Waals surface area contributed by atoms with E-state index in [0.717, 1.165) is 64.9 Å². The summed E-state index contributed by atoms with van der Waals surface area (Å²) in [6, 6.07) is 0. The highest BCUT2D eigenvalue weighted by Gasteiger charge is 1.98. The van der Waals surface area contributed by atoms with E-state index in [0.29, 0.717) is 11.8 Å². The van der Waals surface area contributed by atoms with E-state index in [1.54, 1.807) is 0 Å². The van der Waals surface area contributed by atoms with Crippen LogP contribution in [0.15, 0.2) is 4.99 Å². The molecule has 0 rings (SSSR count). The third kappa shape index (κ3) is 15.6. The molecule has 0 aliphatic heterocycles. The Morgan fingerprint density at radius 2 is 1.50 bits per heavy atom. The molecule has 5 heteroatoms. The summed E-state index contributed by atoms with van der Waals surface area (Å²) >= 11 is 0. The largest absolute Gasteiger partial charge is 0.381 e. The molecule has 2 N–H and O–H groups in total. The van der Waals surface area contributed by atoms with Crippen LogP contribution in [0, 0.1) is 11.8 Å². The first-order valence-corrected chi connectivity index (χ1v) is 8.73. The Morgan fingerprint density at radius 1 is 0.909 bits per heavy atom. The zero-order valence-corrected chi connectivity index (χ0v) is 15.3. The van der Waals surface area contributed by atoms with Gasteiger partial charge in [-0.2, -0.15) is 0 Å². The maximum atomic E-state index is 5.56. The maximum Gasteiger partial charge on any atom is 0.191 e. The zero-order chi connectivity index (χ0) is 16.6. The molecule has 0 unspecified atom stereocenters. The minimum atomic E-state index is 0.598. The second-order valence-corrected chi connectivity index (χ2v) is 6.33. The summed E-state index contributed by atoms with van der Waals surface area (Å²) in [6.07, 6.45) is 1.95. The Hall–Kier alpha value is -0.810. The van der Waals surface area contributed by atoms with Crippen LogP contribution in [0.4, 0.5) is 0 Å². The second-order valence-electron chi connectivity index (χ2n) is 6.33. The number of hydrogen-bond donors (Lipinski definition) is 2. The Morgan fingerprint density at radius 3 is 2.05 bits per heavy atom. The predicted octanol–water partition coefficient (Wildman–Crippen LogP) is 2.67. The Balaban J connectivity index is 3.68. The minimum absolute atomic E-state index is 0.598. The molecule has 22 heavy (non-hydrogen) atoms. The van der Waals surface area contributed by atoms with Gasteiger partial charge in [-0.1, -0.05) is 27.7 Å². The fourth-order valence-corrected chi connectivity index (χ4v) is 1.72. The molecular formula is C17H37N3O2. The average molecular weight is 316 g/mol. The molecule has 0 aromatic heterocycles. The predicted molar refractivity (Wildman–Crippen MR) is 94.5 cm³/mol. The lowest BCUT2D eigenvalue weighted by atomic mass is 10.2. The van der Waals surface area contributed by atoms with Crippen molar-refractivity contribution in [3.8, 4) is 0 Å². The van der Waals surface area contributed by atoms with Crippen molar-refractivity contribution < 1.29 is 9.47 Å². The van der Waals surface area contributed by atoms with Crippen LogP contribution in [0.5, 0.6) is 0 Å². The summed E-state index contributed by atoms with van der Waals surface area (Å²) in [5.41, 5.74) is 0. The number of hydrogen-bond acceptors (Lipinski definition) is 3. The molecule has 0 aliphatic carbocycles. The molecule has 0 amide bonds. The number of aliphatic imine (C=N–C) groups is 1. The number of ether oxygens (including phenoxy) is 2. The van der Waals surface area contributed by atoms with Crippen molar-refractivity contribution in [1.29, 1.82) is 0 Å². The molecule has 0 aromatic rings. The van der Waals surface area contributed by atoms with Crippen LogP contribution >= 0.6 is 0 Å². The summed E-state index contributed by atoms with van der Waals surface area (Å²) in [6.45, 7) is 16.5. The van der Waals surface area contributed by atoms with Crippen LogP contribution in [-0.4, -0.2) is 52.0 Å². The van der Waals surface area contributed by atoms with E-state index in [1.807, 2.05) is 0 Å². The van der Waals surface area contributed by atoms with E-state index in [2.05, 4.69) is 50.2 Å². The van der Waals surface area contributed by atoms with Gasteiger partial charge in [0.25, 0.3) is 0 Å². The molecule has 0 spiro atoms. The number of rotatable bonds is 13. The number of nitrogens with one attached hydrogen (secondary N) is 2. The minimum Gasteiger partial charge on any atom is -0.381 e. The maximum absolute atomic E-state index is 5.56. The molecule has 0 fully saturated rings. The van der Waals surface area contributed by atoms with Crippen LogP contribution in [0.3, 0.4) is 0 Å². The monoisotopic (exact) mass is 315 g/mol. The van der Waals surface area contributed by atoms with Gasteiger partial charge in [0.05, 0.1) is 0 Å². The fourth-order valence-electron chi connectivity index (χ4n) is 1.72. The SMILES string of the molecule is CCNC(=NCCCOCC(C)C)NCCCOCC(C)C. The van der Waals surface area contributed by atoms with Gasteiger partial charge >= 0.3 is 0 Å². The molecule has 0 aliphatic rings. The van der Waals surface area contributed by atoms with Gasteiger partial charge in [-0.25, -0.2) is 0 Å². The average Bonchev–Trinajstić information content (AvgIpc) is 2.45. The highest BCUT2D eigenvalue weighted by atomic mass is 16.5. The molecular weight excluding hydrogens is 278 g/mol. The Bertz CT molecular complexity index is 269. The van der Waals surface area contributed by atoms with Crippen molar-refractivity contribution in [3.63, 3.8) is 0 Å². The van der Waals surface area contributed by atoms with Crippen LogP contribution in [0.2, 0.25) is 0 Å². The third-order valence-corrected chi connectivity index (χ3v) is 2.72. The normalized spacial score (nSPS) is 12.2.